The minimum Gasteiger partial charge on any atom is -0.414 e. The molecule has 0 aromatic carbocycles. The lowest BCUT2D eigenvalue weighted by molar-refractivity contribution is -0.115. The monoisotopic (exact) mass is 492 g/mol. The van der Waals surface area contributed by atoms with Gasteiger partial charge < -0.3 is 4.43 Å². The summed E-state index contributed by atoms with van der Waals surface area (Å²) < 4.78 is 7.04. The van der Waals surface area contributed by atoms with Crippen LogP contribution in [0.2, 0.25) is 19.1 Å². The van der Waals surface area contributed by atoms with E-state index in [4.69, 9.17) is 4.43 Å². The molecule has 0 saturated heterocycles. The Hall–Kier alpha value is -0.193. The number of ketones is 1. The van der Waals surface area contributed by atoms with Crippen LogP contribution in [0.5, 0.6) is 0 Å². The van der Waals surface area contributed by atoms with E-state index in [0.29, 0.717) is 29.6 Å². The van der Waals surface area contributed by atoms with Gasteiger partial charge in [-0.25, -0.2) is 0 Å². The van der Waals surface area contributed by atoms with Gasteiger partial charge in [0, 0.05) is 17.2 Å². The summed E-state index contributed by atoms with van der Waals surface area (Å²) in [5.74, 6) is 1.74. The summed E-state index contributed by atoms with van der Waals surface area (Å²) in [4.78, 5) is 12.1. The first-order valence-corrected chi connectivity index (χ1v) is 16.3. The molecule has 0 heterocycles. The van der Waals surface area contributed by atoms with Crippen LogP contribution in [0, 0.1) is 28.1 Å². The Morgan fingerprint density at radius 2 is 1.93 bits per heavy atom. The van der Waals surface area contributed by atoms with E-state index in [1.807, 2.05) is 6.08 Å². The zero-order chi connectivity index (χ0) is 21.9. The van der Waals surface area contributed by atoms with Crippen LogP contribution in [-0.4, -0.2) is 25.5 Å². The summed E-state index contributed by atoms with van der Waals surface area (Å²) in [5, 5.41) is 0.969. The van der Waals surface area contributed by atoms with Gasteiger partial charge in [-0.15, -0.1) is 0 Å². The molecule has 0 unspecified atom stereocenters. The minimum atomic E-state index is -1.70. The van der Waals surface area contributed by atoms with Crippen molar-refractivity contribution in [2.45, 2.75) is 97.9 Å². The van der Waals surface area contributed by atoms with Gasteiger partial charge in [0.1, 0.15) is 0 Å². The van der Waals surface area contributed by atoms with Gasteiger partial charge in [-0.2, -0.15) is 0 Å². The lowest BCUT2D eigenvalue weighted by Gasteiger charge is -2.54. The third-order valence-corrected chi connectivity index (χ3v) is 12.4. The molecule has 5 atom stereocenters. The van der Waals surface area contributed by atoms with Crippen LogP contribution in [0.15, 0.2) is 23.3 Å². The molecule has 4 aliphatic carbocycles. The second-order valence-corrected chi connectivity index (χ2v) is 17.3. The number of rotatable bonds is 4. The largest absolute Gasteiger partial charge is 0.414 e. The van der Waals surface area contributed by atoms with Crippen LogP contribution in [-0.2, 0) is 9.22 Å². The van der Waals surface area contributed by atoms with Crippen LogP contribution in [0.1, 0.15) is 72.6 Å². The molecule has 0 aromatic rings. The molecule has 30 heavy (non-hydrogen) atoms. The fraction of sp³-hybridized carbons (Fsp3) is 0.808. The first kappa shape index (κ1) is 23.0. The van der Waals surface area contributed by atoms with Crippen LogP contribution in [0.4, 0.5) is 0 Å². The molecule has 2 fully saturated rings. The fourth-order valence-corrected chi connectivity index (χ4v) is 12.5. The number of alkyl halides is 1. The van der Waals surface area contributed by atoms with E-state index in [1.54, 1.807) is 5.57 Å². The third-order valence-electron chi connectivity index (χ3n) is 8.64. The molecule has 0 N–H and O–H groups in total. The first-order valence-electron chi connectivity index (χ1n) is 12.1. The molecule has 0 bridgehead atoms. The average molecular weight is 494 g/mol. The highest BCUT2D eigenvalue weighted by Crippen LogP contribution is 2.64. The van der Waals surface area contributed by atoms with E-state index < -0.39 is 8.32 Å². The maximum absolute atomic E-state index is 12.1. The number of hydrogen-bond acceptors (Lipinski definition) is 2. The van der Waals surface area contributed by atoms with Crippen molar-refractivity contribution in [2.24, 2.45) is 28.1 Å². The Balaban J connectivity index is 1.61. The standard InChI is InChI=1S/C26H41BrO2Si/c1-24(2,3)17-30(5,6)29-23-10-9-21-20-8-7-18-15-19(28)11-14-26(18,16-27)22(20)12-13-25(21,23)4/h12,15,20-21,23H,7-11,13-14,16-17H2,1-6H3/t20-,21-,23-,25-,26+/m0/s1. The van der Waals surface area contributed by atoms with Crippen molar-refractivity contribution < 1.29 is 9.22 Å². The molecule has 0 aromatic heterocycles. The summed E-state index contributed by atoms with van der Waals surface area (Å²) in [7, 11) is -1.70. The quantitative estimate of drug-likeness (QED) is 0.231. The minimum absolute atomic E-state index is 0.108. The Morgan fingerprint density at radius 3 is 2.60 bits per heavy atom. The molecule has 168 valence electrons. The smallest absolute Gasteiger partial charge is 0.187 e. The Kier molecular flexibility index (Phi) is 5.89. The fourth-order valence-electron chi connectivity index (χ4n) is 7.76. The van der Waals surface area contributed by atoms with Crippen molar-refractivity contribution in [1.29, 1.82) is 0 Å². The Bertz CT molecular complexity index is 776. The van der Waals surface area contributed by atoms with E-state index in [-0.39, 0.29) is 10.8 Å². The van der Waals surface area contributed by atoms with Crippen LogP contribution in [0.25, 0.3) is 0 Å². The summed E-state index contributed by atoms with van der Waals surface area (Å²) in [5.41, 5.74) is 3.79. The van der Waals surface area contributed by atoms with Crippen LogP contribution >= 0.6 is 15.9 Å². The van der Waals surface area contributed by atoms with Gasteiger partial charge in [0.2, 0.25) is 0 Å². The van der Waals surface area contributed by atoms with Gasteiger partial charge in [0.25, 0.3) is 0 Å². The van der Waals surface area contributed by atoms with Crippen LogP contribution < -0.4 is 0 Å². The molecule has 4 aliphatic rings. The van der Waals surface area contributed by atoms with Gasteiger partial charge in [-0.05, 0) is 86.4 Å². The van der Waals surface area contributed by atoms with E-state index in [9.17, 15) is 4.79 Å². The number of carbonyl (C=O) groups is 1. The number of halogens is 1. The normalized spacial score (nSPS) is 39.0. The molecule has 0 spiro atoms. The SMILES string of the molecule is CC(C)(C)C[Si](C)(C)O[C@H]1CC[C@H]2[C@@H]3CCC4=CC(=O)CC[C@]4(CBr)C3=CC[C@]12C. The van der Waals surface area contributed by atoms with Crippen molar-refractivity contribution in [2.75, 3.05) is 5.33 Å². The predicted octanol–water partition coefficient (Wildman–Crippen LogP) is 7.45. The van der Waals surface area contributed by atoms with Gasteiger partial charge in [-0.1, -0.05) is 60.8 Å². The molecule has 0 aliphatic heterocycles. The second-order valence-electron chi connectivity index (χ2n) is 12.7. The van der Waals surface area contributed by atoms with Gasteiger partial charge in [0.05, 0.1) is 6.10 Å². The molecule has 4 heteroatoms. The first-order chi connectivity index (χ1) is 13.9. The van der Waals surface area contributed by atoms with E-state index in [1.165, 1.54) is 30.9 Å². The number of carbonyl (C=O) groups excluding carboxylic acids is 1. The Labute approximate surface area is 193 Å². The third kappa shape index (κ3) is 3.88. The van der Waals surface area contributed by atoms with Crippen molar-refractivity contribution in [3.8, 4) is 0 Å². The summed E-state index contributed by atoms with van der Waals surface area (Å²) in [6.45, 7) is 14.4. The van der Waals surface area contributed by atoms with E-state index in [2.05, 4.69) is 62.8 Å². The van der Waals surface area contributed by atoms with Gasteiger partial charge in [0.15, 0.2) is 14.1 Å². The second kappa shape index (κ2) is 7.69. The number of fused-ring (bicyclic) bond motifs is 5. The molecule has 2 saturated carbocycles. The highest BCUT2D eigenvalue weighted by Gasteiger charge is 2.57. The molecule has 0 amide bonds. The summed E-state index contributed by atoms with van der Waals surface area (Å²) >= 11 is 3.88. The number of allylic oxidation sites excluding steroid dienone is 4. The molecular weight excluding hydrogens is 452 g/mol. The highest BCUT2D eigenvalue weighted by atomic mass is 79.9. The summed E-state index contributed by atoms with van der Waals surface area (Å²) in [6, 6.07) is 1.22. The van der Waals surface area contributed by atoms with E-state index in [0.717, 1.165) is 30.5 Å². The van der Waals surface area contributed by atoms with Gasteiger partial charge >= 0.3 is 0 Å². The maximum atomic E-state index is 12.1. The molecule has 0 radical (unpaired) electrons. The average Bonchev–Trinajstić information content (AvgIpc) is 2.95. The topological polar surface area (TPSA) is 26.3 Å². The van der Waals surface area contributed by atoms with Crippen molar-refractivity contribution in [3.05, 3.63) is 23.3 Å². The predicted molar refractivity (Wildman–Crippen MR) is 131 cm³/mol. The maximum Gasteiger partial charge on any atom is 0.187 e. The van der Waals surface area contributed by atoms with E-state index >= 15 is 0 Å². The van der Waals surface area contributed by atoms with Crippen molar-refractivity contribution in [3.63, 3.8) is 0 Å². The molecule has 4 rings (SSSR count). The van der Waals surface area contributed by atoms with Gasteiger partial charge in [-0.3, -0.25) is 4.79 Å². The highest BCUT2D eigenvalue weighted by molar-refractivity contribution is 9.09. The van der Waals surface area contributed by atoms with Crippen molar-refractivity contribution in [1.82, 2.24) is 0 Å². The summed E-state index contributed by atoms with van der Waals surface area (Å²) in [6.07, 6.45) is 12.7. The van der Waals surface area contributed by atoms with Crippen LogP contribution in [0.3, 0.4) is 0 Å². The zero-order valence-corrected chi connectivity index (χ0v) is 22.5. The molecular formula is C26H41BrO2Si. The molecule has 2 nitrogen and oxygen atoms in total. The zero-order valence-electron chi connectivity index (χ0n) is 19.9. The lowest BCUT2D eigenvalue weighted by atomic mass is 9.52. The lowest BCUT2D eigenvalue weighted by Crippen LogP contribution is -2.49. The Morgan fingerprint density at radius 1 is 1.20 bits per heavy atom. The number of hydrogen-bond donors (Lipinski definition) is 0. The van der Waals surface area contributed by atoms with Crippen molar-refractivity contribution >= 4 is 30.0 Å².